The summed E-state index contributed by atoms with van der Waals surface area (Å²) in [5.74, 6) is 1.90. The van der Waals surface area contributed by atoms with Crippen molar-refractivity contribution in [2.45, 2.75) is 19.3 Å². The van der Waals surface area contributed by atoms with E-state index in [-0.39, 0.29) is 5.41 Å². The van der Waals surface area contributed by atoms with Crippen molar-refractivity contribution in [3.05, 3.63) is 223 Å². The summed E-state index contributed by atoms with van der Waals surface area (Å²) >= 11 is 1.87. The first-order valence-electron chi connectivity index (χ1n) is 23.9. The molecule has 0 fully saturated rings. The monoisotopic (exact) mass is 911 g/mol. The number of para-hydroxylation sites is 4. The SMILES string of the molecule is CC1(C)c2ccccc2-c2ccc(-c3nc(-c4ccc5c(c4)c4ccccc4n5-c4ccccc4)nc(-c4cc5c(c6ccccc6n5-c5ccccc5)c5c4ccc4c6ccccc6sc45)n3)cc21. The lowest BCUT2D eigenvalue weighted by atomic mass is 9.82. The van der Waals surface area contributed by atoms with Gasteiger partial charge in [-0.15, -0.1) is 11.3 Å². The summed E-state index contributed by atoms with van der Waals surface area (Å²) in [4.78, 5) is 16.6. The van der Waals surface area contributed by atoms with E-state index in [9.17, 15) is 0 Å². The van der Waals surface area contributed by atoms with E-state index in [0.717, 1.165) is 60.9 Å². The lowest BCUT2D eigenvalue weighted by Gasteiger charge is -2.21. The second-order valence-corrected chi connectivity index (χ2v) is 20.2. The summed E-state index contributed by atoms with van der Waals surface area (Å²) in [6, 6.07) is 76.9. The highest BCUT2D eigenvalue weighted by atomic mass is 32.1. The van der Waals surface area contributed by atoms with Crippen LogP contribution < -0.4 is 0 Å². The Hall–Kier alpha value is -8.71. The lowest BCUT2D eigenvalue weighted by Crippen LogP contribution is -2.15. The van der Waals surface area contributed by atoms with Gasteiger partial charge in [0.25, 0.3) is 0 Å². The maximum absolute atomic E-state index is 5.59. The Bertz CT molecular complexity index is 4500. The van der Waals surface area contributed by atoms with E-state index >= 15 is 0 Å². The maximum atomic E-state index is 5.59. The summed E-state index contributed by atoms with van der Waals surface area (Å²) in [6.07, 6.45) is 0. The molecule has 0 saturated heterocycles. The summed E-state index contributed by atoms with van der Waals surface area (Å²) in [5, 5.41) is 9.61. The molecule has 0 radical (unpaired) electrons. The summed E-state index contributed by atoms with van der Waals surface area (Å²) in [6.45, 7) is 4.66. The summed E-state index contributed by atoms with van der Waals surface area (Å²) in [7, 11) is 0. The Morgan fingerprint density at radius 3 is 1.69 bits per heavy atom. The Morgan fingerprint density at radius 2 is 0.914 bits per heavy atom. The molecule has 0 unspecified atom stereocenters. The van der Waals surface area contributed by atoms with Gasteiger partial charge in [-0.1, -0.05) is 153 Å². The number of hydrogen-bond acceptors (Lipinski definition) is 4. The van der Waals surface area contributed by atoms with Gasteiger partial charge in [0.05, 0.1) is 22.1 Å². The smallest absolute Gasteiger partial charge is 0.164 e. The van der Waals surface area contributed by atoms with Crippen molar-refractivity contribution in [3.63, 3.8) is 0 Å². The molecule has 1 aliphatic carbocycles. The minimum atomic E-state index is -0.194. The Kier molecular flexibility index (Phi) is 8.22. The highest BCUT2D eigenvalue weighted by Crippen LogP contribution is 2.51. The average Bonchev–Trinajstić information content (AvgIpc) is 4.13. The van der Waals surface area contributed by atoms with Crippen LogP contribution in [0.4, 0.5) is 0 Å². The molecule has 14 aromatic rings. The highest BCUT2D eigenvalue weighted by molar-refractivity contribution is 7.26. The molecule has 5 nitrogen and oxygen atoms in total. The third-order valence-electron chi connectivity index (χ3n) is 15.0. The van der Waals surface area contributed by atoms with E-state index in [4.69, 9.17) is 15.0 Å². The first-order valence-corrected chi connectivity index (χ1v) is 24.8. The first-order chi connectivity index (χ1) is 34.5. The number of rotatable bonds is 5. The van der Waals surface area contributed by atoms with Crippen LogP contribution in [0, 0.1) is 0 Å². The van der Waals surface area contributed by atoms with E-state index in [1.807, 2.05) is 11.3 Å². The van der Waals surface area contributed by atoms with Crippen LogP contribution in [-0.4, -0.2) is 24.1 Å². The molecule has 0 atom stereocenters. The van der Waals surface area contributed by atoms with Crippen LogP contribution in [0.1, 0.15) is 25.0 Å². The Morgan fingerprint density at radius 1 is 0.357 bits per heavy atom. The molecule has 6 heteroatoms. The normalized spacial score (nSPS) is 13.1. The molecule has 0 aliphatic heterocycles. The zero-order chi connectivity index (χ0) is 46.2. The third kappa shape index (κ3) is 5.56. The number of nitrogens with zero attached hydrogens (tertiary/aromatic N) is 5. The molecule has 10 aromatic carbocycles. The summed E-state index contributed by atoms with van der Waals surface area (Å²) < 4.78 is 7.30. The van der Waals surface area contributed by atoms with Crippen molar-refractivity contribution >= 4 is 85.9 Å². The number of thiophene rings is 1. The first kappa shape index (κ1) is 39.3. The van der Waals surface area contributed by atoms with Crippen LogP contribution >= 0.6 is 11.3 Å². The zero-order valence-corrected chi connectivity index (χ0v) is 39.2. The van der Waals surface area contributed by atoms with Crippen LogP contribution in [0.15, 0.2) is 212 Å². The minimum absolute atomic E-state index is 0.194. The van der Waals surface area contributed by atoms with Crippen LogP contribution in [0.3, 0.4) is 0 Å². The fourth-order valence-corrected chi connectivity index (χ4v) is 13.0. The van der Waals surface area contributed by atoms with E-state index in [2.05, 4.69) is 235 Å². The topological polar surface area (TPSA) is 48.5 Å². The van der Waals surface area contributed by atoms with E-state index in [0.29, 0.717) is 17.5 Å². The van der Waals surface area contributed by atoms with Gasteiger partial charge in [-0.2, -0.15) is 0 Å². The molecule has 1 aliphatic rings. The number of fused-ring (bicyclic) bond motifs is 15. The molecule has 0 N–H and O–H groups in total. The van der Waals surface area contributed by atoms with Gasteiger partial charge in [-0.25, -0.2) is 15.0 Å². The fraction of sp³-hybridized carbons (Fsp3) is 0.0469. The number of benzene rings is 10. The van der Waals surface area contributed by atoms with E-state index in [1.54, 1.807) is 0 Å². The van der Waals surface area contributed by atoms with Gasteiger partial charge >= 0.3 is 0 Å². The summed E-state index contributed by atoms with van der Waals surface area (Å²) in [5.41, 5.74) is 14.6. The van der Waals surface area contributed by atoms with Gasteiger partial charge in [0.2, 0.25) is 0 Å². The van der Waals surface area contributed by atoms with Crippen molar-refractivity contribution in [1.29, 1.82) is 0 Å². The molecule has 0 spiro atoms. The van der Waals surface area contributed by atoms with E-state index < -0.39 is 0 Å². The predicted molar refractivity (Wildman–Crippen MR) is 293 cm³/mol. The van der Waals surface area contributed by atoms with Gasteiger partial charge in [-0.05, 0) is 100 Å². The van der Waals surface area contributed by atoms with Gasteiger partial charge < -0.3 is 9.13 Å². The maximum Gasteiger partial charge on any atom is 0.164 e. The van der Waals surface area contributed by atoms with Crippen molar-refractivity contribution in [1.82, 2.24) is 24.1 Å². The minimum Gasteiger partial charge on any atom is -0.309 e. The third-order valence-corrected chi connectivity index (χ3v) is 16.2. The molecular weight excluding hydrogens is 871 g/mol. The fourth-order valence-electron chi connectivity index (χ4n) is 11.7. The Labute approximate surface area is 407 Å². The molecule has 4 heterocycles. The van der Waals surface area contributed by atoms with Crippen LogP contribution in [0.25, 0.3) is 131 Å². The second-order valence-electron chi connectivity index (χ2n) is 19.1. The van der Waals surface area contributed by atoms with Crippen molar-refractivity contribution < 1.29 is 0 Å². The van der Waals surface area contributed by atoms with Gasteiger partial charge in [0, 0.05) is 80.6 Å². The van der Waals surface area contributed by atoms with Crippen LogP contribution in [0.5, 0.6) is 0 Å². The van der Waals surface area contributed by atoms with Gasteiger partial charge in [0.15, 0.2) is 17.5 Å². The molecule has 4 aromatic heterocycles. The molecule has 0 amide bonds. The standard InChI is InChI=1S/C64H41N5S/c1-64(2)51-25-13-9-21-42(51)43-31-29-39(36-52(43)64)62-65-61(38-30-34-55-49(35-38)44-22-10-14-26-53(44)68(55)40-17-5-3-6-18-40)66-63(67-62)50-37-56-58(48-24-11-15-27-54(48)69(56)41-19-7-4-8-20-41)59-46(50)32-33-47-45-23-12-16-28-57(45)70-60(47)59/h3-37H,1-2H3. The van der Waals surface area contributed by atoms with Crippen LogP contribution in [-0.2, 0) is 5.41 Å². The van der Waals surface area contributed by atoms with Gasteiger partial charge in [0.1, 0.15) is 0 Å². The molecule has 70 heavy (non-hydrogen) atoms. The highest BCUT2D eigenvalue weighted by Gasteiger charge is 2.35. The number of aromatic nitrogens is 5. The van der Waals surface area contributed by atoms with Crippen LogP contribution in [0.2, 0.25) is 0 Å². The molecule has 0 saturated carbocycles. The van der Waals surface area contributed by atoms with Gasteiger partial charge in [-0.3, -0.25) is 0 Å². The largest absolute Gasteiger partial charge is 0.309 e. The zero-order valence-electron chi connectivity index (χ0n) is 38.4. The average molecular weight is 912 g/mol. The molecule has 0 bridgehead atoms. The molecular formula is C64H41N5S. The van der Waals surface area contributed by atoms with Crippen molar-refractivity contribution in [3.8, 4) is 56.7 Å². The predicted octanol–water partition coefficient (Wildman–Crippen LogP) is 16.9. The van der Waals surface area contributed by atoms with Crippen molar-refractivity contribution in [2.75, 3.05) is 0 Å². The number of hydrogen-bond donors (Lipinski definition) is 0. The Balaban J connectivity index is 1.05. The quantitative estimate of drug-likeness (QED) is 0.173. The lowest BCUT2D eigenvalue weighted by molar-refractivity contribution is 0.660. The second kappa shape index (κ2) is 14.6. The molecule has 328 valence electrons. The van der Waals surface area contributed by atoms with Crippen molar-refractivity contribution in [2.24, 2.45) is 0 Å². The van der Waals surface area contributed by atoms with E-state index in [1.165, 1.54) is 64.0 Å². The molecule has 15 rings (SSSR count).